The molecule has 0 unspecified atom stereocenters. The lowest BCUT2D eigenvalue weighted by atomic mass is 10.2. The molecule has 0 radical (unpaired) electrons. The van der Waals surface area contributed by atoms with E-state index >= 15 is 0 Å². The van der Waals surface area contributed by atoms with Crippen molar-refractivity contribution in [3.05, 3.63) is 29.7 Å². The molecule has 21 heavy (non-hydrogen) atoms. The minimum absolute atomic E-state index is 0.0311. The van der Waals surface area contributed by atoms with Crippen molar-refractivity contribution in [1.82, 2.24) is 0 Å². The van der Waals surface area contributed by atoms with Crippen molar-refractivity contribution in [3.63, 3.8) is 0 Å². The molecule has 0 saturated carbocycles. The SMILES string of the molecule is CC(=O)/C(N=Nc1ccc2c(c1)OCO2)=C(/O)C(F)(F)F. The fraction of sp³-hybridized carbons (Fsp3) is 0.250. The summed E-state index contributed by atoms with van der Waals surface area (Å²) in [7, 11) is 0. The summed E-state index contributed by atoms with van der Waals surface area (Å²) in [5, 5.41) is 15.6. The van der Waals surface area contributed by atoms with Gasteiger partial charge >= 0.3 is 6.18 Å². The van der Waals surface area contributed by atoms with Gasteiger partial charge in [-0.2, -0.15) is 18.3 Å². The van der Waals surface area contributed by atoms with Gasteiger partial charge in [-0.05, 0) is 12.1 Å². The molecule has 1 heterocycles. The second kappa shape index (κ2) is 5.43. The van der Waals surface area contributed by atoms with E-state index in [1.54, 1.807) is 0 Å². The number of ether oxygens (including phenoxy) is 2. The summed E-state index contributed by atoms with van der Waals surface area (Å²) in [6, 6.07) is 4.30. The molecule has 0 amide bonds. The molecule has 0 bridgehead atoms. The van der Waals surface area contributed by atoms with Gasteiger partial charge < -0.3 is 14.6 Å². The molecule has 6 nitrogen and oxygen atoms in total. The highest BCUT2D eigenvalue weighted by atomic mass is 19.4. The molecular weight excluding hydrogens is 293 g/mol. The predicted molar refractivity (Wildman–Crippen MR) is 63.5 cm³/mol. The first-order valence-corrected chi connectivity index (χ1v) is 5.62. The van der Waals surface area contributed by atoms with Crippen LogP contribution in [0.1, 0.15) is 6.92 Å². The molecule has 0 spiro atoms. The predicted octanol–water partition coefficient (Wildman–Crippen LogP) is 3.42. The molecule has 1 aliphatic heterocycles. The van der Waals surface area contributed by atoms with Gasteiger partial charge in [-0.1, -0.05) is 0 Å². The van der Waals surface area contributed by atoms with Crippen molar-refractivity contribution >= 4 is 11.5 Å². The van der Waals surface area contributed by atoms with E-state index in [1.807, 2.05) is 0 Å². The fourth-order valence-corrected chi connectivity index (χ4v) is 1.47. The topological polar surface area (TPSA) is 80.5 Å². The van der Waals surface area contributed by atoms with E-state index in [2.05, 4.69) is 10.2 Å². The number of benzene rings is 1. The Morgan fingerprint density at radius 1 is 1.29 bits per heavy atom. The lowest BCUT2D eigenvalue weighted by Gasteiger charge is -2.06. The lowest BCUT2D eigenvalue weighted by molar-refractivity contribution is -0.126. The summed E-state index contributed by atoms with van der Waals surface area (Å²) < 4.78 is 47.2. The first-order chi connectivity index (χ1) is 9.79. The first kappa shape index (κ1) is 14.8. The minimum Gasteiger partial charge on any atom is -0.503 e. The van der Waals surface area contributed by atoms with Gasteiger partial charge in [0.2, 0.25) is 12.6 Å². The van der Waals surface area contributed by atoms with Crippen LogP contribution in [-0.4, -0.2) is 23.9 Å². The number of halogens is 3. The van der Waals surface area contributed by atoms with E-state index in [0.29, 0.717) is 11.5 Å². The maximum Gasteiger partial charge on any atom is 0.451 e. The zero-order valence-corrected chi connectivity index (χ0v) is 10.6. The first-order valence-electron chi connectivity index (χ1n) is 5.62. The summed E-state index contributed by atoms with van der Waals surface area (Å²) in [6.07, 6.45) is -5.07. The zero-order chi connectivity index (χ0) is 15.6. The number of aliphatic hydroxyl groups is 1. The Morgan fingerprint density at radius 3 is 2.57 bits per heavy atom. The molecule has 9 heteroatoms. The number of aliphatic hydroxyl groups excluding tert-OH is 1. The van der Waals surface area contributed by atoms with Gasteiger partial charge in [0.25, 0.3) is 0 Å². The second-order valence-corrected chi connectivity index (χ2v) is 3.99. The van der Waals surface area contributed by atoms with E-state index in [4.69, 9.17) is 14.6 Å². The van der Waals surface area contributed by atoms with Crippen molar-refractivity contribution in [1.29, 1.82) is 0 Å². The van der Waals surface area contributed by atoms with E-state index in [1.165, 1.54) is 18.2 Å². The van der Waals surface area contributed by atoms with E-state index in [0.717, 1.165) is 6.92 Å². The van der Waals surface area contributed by atoms with Gasteiger partial charge in [0.05, 0.1) is 5.69 Å². The Balaban J connectivity index is 2.31. The van der Waals surface area contributed by atoms with Crippen LogP contribution < -0.4 is 9.47 Å². The van der Waals surface area contributed by atoms with E-state index in [9.17, 15) is 18.0 Å². The number of nitrogens with zero attached hydrogens (tertiary/aromatic N) is 2. The molecule has 1 aromatic rings. The van der Waals surface area contributed by atoms with Crippen LogP contribution in [0.15, 0.2) is 39.9 Å². The Kier molecular flexibility index (Phi) is 3.83. The molecular formula is C12H9F3N2O4. The number of fused-ring (bicyclic) bond motifs is 1. The third-order valence-electron chi connectivity index (χ3n) is 2.45. The van der Waals surface area contributed by atoms with Crippen molar-refractivity contribution in [2.45, 2.75) is 13.1 Å². The third-order valence-corrected chi connectivity index (χ3v) is 2.45. The number of carbonyl (C=O) groups excluding carboxylic acids is 1. The number of hydrogen-bond acceptors (Lipinski definition) is 6. The number of Topliss-reactive ketones (excluding diaryl/α,β-unsaturated/α-hetero) is 1. The van der Waals surface area contributed by atoms with E-state index in [-0.39, 0.29) is 12.5 Å². The molecule has 112 valence electrons. The van der Waals surface area contributed by atoms with Crippen molar-refractivity contribution in [2.24, 2.45) is 10.2 Å². The maximum absolute atomic E-state index is 12.4. The highest BCUT2D eigenvalue weighted by Gasteiger charge is 2.38. The molecule has 0 aliphatic carbocycles. The number of carbonyl (C=O) groups is 1. The molecule has 1 aromatic carbocycles. The van der Waals surface area contributed by atoms with Crippen LogP contribution in [0.2, 0.25) is 0 Å². The summed E-state index contributed by atoms with van der Waals surface area (Å²) in [5.41, 5.74) is -1.02. The Hall–Kier alpha value is -2.58. The number of allylic oxidation sites excluding steroid dienone is 2. The zero-order valence-electron chi connectivity index (χ0n) is 10.6. The molecule has 0 fully saturated rings. The van der Waals surface area contributed by atoms with Gasteiger partial charge in [0, 0.05) is 13.0 Å². The van der Waals surface area contributed by atoms with Crippen molar-refractivity contribution in [2.75, 3.05) is 6.79 Å². The van der Waals surface area contributed by atoms with Gasteiger partial charge in [-0.25, -0.2) is 0 Å². The molecule has 1 N–H and O–H groups in total. The third kappa shape index (κ3) is 3.30. The highest BCUT2D eigenvalue weighted by Crippen LogP contribution is 2.35. The summed E-state index contributed by atoms with van der Waals surface area (Å²) in [6.45, 7) is 0.874. The average Bonchev–Trinajstić information content (AvgIpc) is 2.84. The van der Waals surface area contributed by atoms with Crippen LogP contribution in [0.5, 0.6) is 11.5 Å². The number of hydrogen-bond donors (Lipinski definition) is 1. The normalized spacial score (nSPS) is 15.2. The Bertz CT molecular complexity index is 638. The van der Waals surface area contributed by atoms with Crippen LogP contribution in [0.3, 0.4) is 0 Å². The number of azo groups is 1. The van der Waals surface area contributed by atoms with Gasteiger partial charge in [-0.3, -0.25) is 4.79 Å². The molecule has 0 atom stereocenters. The number of alkyl halides is 3. The smallest absolute Gasteiger partial charge is 0.451 e. The average molecular weight is 302 g/mol. The van der Waals surface area contributed by atoms with Crippen LogP contribution in [-0.2, 0) is 4.79 Å². The maximum atomic E-state index is 12.4. The van der Waals surface area contributed by atoms with Gasteiger partial charge in [-0.15, -0.1) is 5.11 Å². The fourth-order valence-electron chi connectivity index (χ4n) is 1.47. The standard InChI is InChI=1S/C12H9F3N2O4/c1-6(18)10(11(19)12(13,14)15)17-16-7-2-3-8-9(4-7)21-5-20-8/h2-4,19H,5H2,1H3/b11-10-,17-16?. The van der Waals surface area contributed by atoms with Crippen molar-refractivity contribution in [3.8, 4) is 11.5 Å². The number of ketones is 1. The van der Waals surface area contributed by atoms with Crippen LogP contribution >= 0.6 is 0 Å². The monoisotopic (exact) mass is 302 g/mol. The van der Waals surface area contributed by atoms with Gasteiger partial charge in [0.1, 0.15) is 0 Å². The summed E-state index contributed by atoms with van der Waals surface area (Å²) in [5.74, 6) is -2.32. The molecule has 0 saturated heterocycles. The van der Waals surface area contributed by atoms with E-state index < -0.39 is 23.4 Å². The number of rotatable bonds is 3. The Morgan fingerprint density at radius 2 is 1.95 bits per heavy atom. The van der Waals surface area contributed by atoms with Gasteiger partial charge in [0.15, 0.2) is 23.0 Å². The lowest BCUT2D eigenvalue weighted by Crippen LogP contribution is -2.16. The van der Waals surface area contributed by atoms with Crippen molar-refractivity contribution < 1.29 is 32.5 Å². The largest absolute Gasteiger partial charge is 0.503 e. The molecule has 2 rings (SSSR count). The quantitative estimate of drug-likeness (QED) is 0.527. The molecule has 1 aliphatic rings. The highest BCUT2D eigenvalue weighted by molar-refractivity contribution is 5.93. The van der Waals surface area contributed by atoms with Crippen LogP contribution in [0.4, 0.5) is 18.9 Å². The Labute approximate surface area is 116 Å². The van der Waals surface area contributed by atoms with Crippen LogP contribution in [0.25, 0.3) is 0 Å². The summed E-state index contributed by atoms with van der Waals surface area (Å²) in [4.78, 5) is 11.1. The molecule has 0 aromatic heterocycles. The minimum atomic E-state index is -5.07. The second-order valence-electron chi connectivity index (χ2n) is 3.99. The summed E-state index contributed by atoms with van der Waals surface area (Å²) >= 11 is 0. The van der Waals surface area contributed by atoms with Crippen LogP contribution in [0, 0.1) is 0 Å².